The van der Waals surface area contributed by atoms with E-state index in [-0.39, 0.29) is 12.0 Å². The Morgan fingerprint density at radius 3 is 2.33 bits per heavy atom. The third kappa shape index (κ3) is 4.88. The topological polar surface area (TPSA) is 29.5 Å². The second-order valence-electron chi connectivity index (χ2n) is 5.15. The lowest BCUT2D eigenvalue weighted by Crippen LogP contribution is -2.36. The molecule has 0 radical (unpaired) electrons. The maximum Gasteiger partial charge on any atom is 0.251 e. The van der Waals surface area contributed by atoms with E-state index in [0.717, 1.165) is 12.0 Å². The van der Waals surface area contributed by atoms with Crippen molar-refractivity contribution in [2.75, 3.05) is 14.1 Å². The third-order valence-corrected chi connectivity index (χ3v) is 2.70. The number of carbonyl (C=O) groups is 1. The number of nitrogens with zero attached hydrogens (tertiary/aromatic N) is 1. The molecule has 0 fully saturated rings. The Morgan fingerprint density at radius 2 is 1.83 bits per heavy atom. The highest BCUT2D eigenvalue weighted by Gasteiger charge is 2.22. The van der Waals surface area contributed by atoms with Crippen molar-refractivity contribution in [1.29, 1.82) is 0 Å². The van der Waals surface area contributed by atoms with E-state index in [0.29, 0.717) is 12.5 Å². The summed E-state index contributed by atoms with van der Waals surface area (Å²) in [7, 11) is 3.53. The van der Waals surface area contributed by atoms with Crippen LogP contribution in [0.4, 0.5) is 0 Å². The molecule has 0 aromatic heterocycles. The van der Waals surface area contributed by atoms with Crippen molar-refractivity contribution in [1.82, 2.24) is 4.90 Å². The first-order chi connectivity index (χ1) is 8.50. The van der Waals surface area contributed by atoms with Crippen molar-refractivity contribution >= 4 is 5.91 Å². The zero-order chi connectivity index (χ0) is 13.5. The predicted octanol–water partition coefficient (Wildman–Crippen LogP) is 2.71. The summed E-state index contributed by atoms with van der Waals surface area (Å²) in [4.78, 5) is 13.6. The lowest BCUT2D eigenvalue weighted by molar-refractivity contribution is -0.143. The van der Waals surface area contributed by atoms with Crippen LogP contribution in [0.15, 0.2) is 30.3 Å². The molecule has 1 amide bonds. The summed E-state index contributed by atoms with van der Waals surface area (Å²) in [5, 5.41) is 0. The van der Waals surface area contributed by atoms with Crippen molar-refractivity contribution in [2.45, 2.75) is 33.0 Å². The molecule has 0 spiro atoms. The highest BCUT2D eigenvalue weighted by molar-refractivity contribution is 5.80. The molecule has 0 saturated heterocycles. The van der Waals surface area contributed by atoms with Crippen molar-refractivity contribution in [3.63, 3.8) is 0 Å². The molecule has 1 aromatic rings. The van der Waals surface area contributed by atoms with E-state index in [4.69, 9.17) is 4.74 Å². The van der Waals surface area contributed by atoms with Gasteiger partial charge < -0.3 is 9.64 Å². The maximum atomic E-state index is 12.0. The van der Waals surface area contributed by atoms with Gasteiger partial charge in [0.05, 0.1) is 6.61 Å². The van der Waals surface area contributed by atoms with Crippen LogP contribution in [0.5, 0.6) is 0 Å². The first kappa shape index (κ1) is 14.7. The molecule has 0 aliphatic rings. The number of hydrogen-bond acceptors (Lipinski definition) is 2. The van der Waals surface area contributed by atoms with E-state index in [1.807, 2.05) is 30.3 Å². The highest BCUT2D eigenvalue weighted by Crippen LogP contribution is 2.13. The summed E-state index contributed by atoms with van der Waals surface area (Å²) in [5.74, 6) is 0.481. The minimum Gasteiger partial charge on any atom is -0.364 e. The first-order valence-electron chi connectivity index (χ1n) is 6.37. The van der Waals surface area contributed by atoms with Gasteiger partial charge in [-0.3, -0.25) is 4.79 Å². The lowest BCUT2D eigenvalue weighted by atomic mass is 10.1. The minimum absolute atomic E-state index is 0.0413. The number of hydrogen-bond donors (Lipinski definition) is 0. The van der Waals surface area contributed by atoms with Crippen LogP contribution in [0.1, 0.15) is 25.8 Å². The number of carbonyl (C=O) groups excluding carboxylic acids is 1. The van der Waals surface area contributed by atoms with Crippen LogP contribution in [-0.2, 0) is 16.1 Å². The van der Waals surface area contributed by atoms with Crippen molar-refractivity contribution < 1.29 is 9.53 Å². The molecule has 1 aromatic carbocycles. The van der Waals surface area contributed by atoms with Crippen LogP contribution in [0.25, 0.3) is 0 Å². The number of amides is 1. The summed E-state index contributed by atoms with van der Waals surface area (Å²) in [6.45, 7) is 4.68. The van der Waals surface area contributed by atoms with E-state index in [9.17, 15) is 4.79 Å². The Bertz CT molecular complexity index is 360. The van der Waals surface area contributed by atoms with Gasteiger partial charge in [0.1, 0.15) is 6.10 Å². The van der Waals surface area contributed by atoms with Gasteiger partial charge in [-0.2, -0.15) is 0 Å². The van der Waals surface area contributed by atoms with Crippen LogP contribution in [0.2, 0.25) is 0 Å². The van der Waals surface area contributed by atoms with Gasteiger partial charge in [-0.25, -0.2) is 0 Å². The summed E-state index contributed by atoms with van der Waals surface area (Å²) in [5.41, 5.74) is 1.10. The fourth-order valence-electron chi connectivity index (χ4n) is 1.73. The number of ether oxygens (including phenoxy) is 1. The predicted molar refractivity (Wildman–Crippen MR) is 73.2 cm³/mol. The Balaban J connectivity index is 2.59. The lowest BCUT2D eigenvalue weighted by Gasteiger charge is -2.22. The first-order valence-corrected chi connectivity index (χ1v) is 6.37. The molecule has 100 valence electrons. The number of likely N-dealkylation sites (N-methyl/N-ethyl adjacent to an activating group) is 1. The second-order valence-corrected chi connectivity index (χ2v) is 5.15. The fourth-order valence-corrected chi connectivity index (χ4v) is 1.73. The zero-order valence-corrected chi connectivity index (χ0v) is 11.7. The molecule has 0 saturated carbocycles. The van der Waals surface area contributed by atoms with E-state index in [1.165, 1.54) is 0 Å². The second kappa shape index (κ2) is 7.17. The smallest absolute Gasteiger partial charge is 0.251 e. The van der Waals surface area contributed by atoms with Crippen molar-refractivity contribution in [3.05, 3.63) is 35.9 Å². The molecule has 1 unspecified atom stereocenters. The molecule has 1 atom stereocenters. The molecule has 0 aliphatic heterocycles. The molecule has 18 heavy (non-hydrogen) atoms. The molecule has 3 nitrogen and oxygen atoms in total. The molecule has 0 aliphatic carbocycles. The maximum absolute atomic E-state index is 12.0. The van der Waals surface area contributed by atoms with Gasteiger partial charge in [-0.05, 0) is 17.9 Å². The van der Waals surface area contributed by atoms with Crippen LogP contribution in [-0.4, -0.2) is 31.0 Å². The normalized spacial score (nSPS) is 12.5. The van der Waals surface area contributed by atoms with Crippen LogP contribution in [0.3, 0.4) is 0 Å². The van der Waals surface area contributed by atoms with Gasteiger partial charge in [-0.1, -0.05) is 44.2 Å². The van der Waals surface area contributed by atoms with Gasteiger partial charge in [0.2, 0.25) is 0 Å². The van der Waals surface area contributed by atoms with Gasteiger partial charge in [-0.15, -0.1) is 0 Å². The molecule has 0 bridgehead atoms. The SMILES string of the molecule is CC(C)CC(OCc1ccccc1)C(=O)N(C)C. The van der Waals surface area contributed by atoms with Gasteiger partial charge in [0.25, 0.3) is 5.91 Å². The number of benzene rings is 1. The van der Waals surface area contributed by atoms with Crippen LogP contribution in [0, 0.1) is 5.92 Å². The van der Waals surface area contributed by atoms with Crippen molar-refractivity contribution in [3.8, 4) is 0 Å². The molecular formula is C15H23NO2. The van der Waals surface area contributed by atoms with E-state index in [2.05, 4.69) is 13.8 Å². The van der Waals surface area contributed by atoms with Gasteiger partial charge >= 0.3 is 0 Å². The Labute approximate surface area is 110 Å². The fraction of sp³-hybridized carbons (Fsp3) is 0.533. The Hall–Kier alpha value is -1.35. The quantitative estimate of drug-likeness (QED) is 0.776. The minimum atomic E-state index is -0.347. The van der Waals surface area contributed by atoms with E-state index < -0.39 is 0 Å². The summed E-state index contributed by atoms with van der Waals surface area (Å²) < 4.78 is 5.77. The highest BCUT2D eigenvalue weighted by atomic mass is 16.5. The van der Waals surface area contributed by atoms with Crippen LogP contribution >= 0.6 is 0 Å². The van der Waals surface area contributed by atoms with Crippen molar-refractivity contribution in [2.24, 2.45) is 5.92 Å². The molecular weight excluding hydrogens is 226 g/mol. The standard InChI is InChI=1S/C15H23NO2/c1-12(2)10-14(15(17)16(3)4)18-11-13-8-6-5-7-9-13/h5-9,12,14H,10-11H2,1-4H3. The van der Waals surface area contributed by atoms with Crippen LogP contribution < -0.4 is 0 Å². The number of rotatable bonds is 6. The molecule has 1 rings (SSSR count). The summed E-state index contributed by atoms with van der Waals surface area (Å²) in [6.07, 6.45) is 0.407. The van der Waals surface area contributed by atoms with E-state index >= 15 is 0 Å². The molecule has 0 heterocycles. The summed E-state index contributed by atoms with van der Waals surface area (Å²) in [6, 6.07) is 9.94. The monoisotopic (exact) mass is 249 g/mol. The summed E-state index contributed by atoms with van der Waals surface area (Å²) >= 11 is 0. The Morgan fingerprint density at radius 1 is 1.22 bits per heavy atom. The van der Waals surface area contributed by atoms with E-state index in [1.54, 1.807) is 19.0 Å². The largest absolute Gasteiger partial charge is 0.364 e. The average molecular weight is 249 g/mol. The van der Waals surface area contributed by atoms with Gasteiger partial charge in [0, 0.05) is 14.1 Å². The molecule has 0 N–H and O–H groups in total. The zero-order valence-electron chi connectivity index (χ0n) is 11.7. The average Bonchev–Trinajstić information content (AvgIpc) is 2.34. The Kier molecular flexibility index (Phi) is 5.86. The molecule has 3 heteroatoms. The third-order valence-electron chi connectivity index (χ3n) is 2.70. The van der Waals surface area contributed by atoms with Gasteiger partial charge in [0.15, 0.2) is 0 Å².